The lowest BCUT2D eigenvalue weighted by Crippen LogP contribution is -2.14. The normalized spacial score (nSPS) is 12.3. The number of benzene rings is 1. The van der Waals surface area contributed by atoms with E-state index in [1.54, 1.807) is 18.5 Å². The zero-order valence-electron chi connectivity index (χ0n) is 8.38. The Morgan fingerprint density at radius 2 is 1.67 bits per heavy atom. The third kappa shape index (κ3) is 2.60. The second-order valence-electron chi connectivity index (χ2n) is 3.39. The number of aromatic nitrogens is 2. The Kier molecular flexibility index (Phi) is 3.05. The van der Waals surface area contributed by atoms with Crippen molar-refractivity contribution in [3.63, 3.8) is 0 Å². The highest BCUT2D eigenvalue weighted by atomic mass is 14.9. The Hall–Kier alpha value is -1.74. The quantitative estimate of drug-likeness (QED) is 0.818. The molecule has 0 saturated heterocycles. The maximum absolute atomic E-state index is 6.05. The molecule has 76 valence electrons. The molecule has 1 heterocycles. The highest BCUT2D eigenvalue weighted by Crippen LogP contribution is 2.12. The Morgan fingerprint density at radius 3 is 2.33 bits per heavy atom. The monoisotopic (exact) mass is 199 g/mol. The SMILES string of the molecule is NC(Cc1ncccn1)c1ccccc1. The van der Waals surface area contributed by atoms with Gasteiger partial charge in [-0.05, 0) is 11.6 Å². The van der Waals surface area contributed by atoms with E-state index in [4.69, 9.17) is 5.73 Å². The molecule has 0 amide bonds. The molecule has 3 nitrogen and oxygen atoms in total. The average molecular weight is 199 g/mol. The summed E-state index contributed by atoms with van der Waals surface area (Å²) in [6.07, 6.45) is 4.14. The molecule has 0 aliphatic heterocycles. The summed E-state index contributed by atoms with van der Waals surface area (Å²) in [6.45, 7) is 0. The summed E-state index contributed by atoms with van der Waals surface area (Å²) in [6, 6.07) is 11.8. The second kappa shape index (κ2) is 4.66. The maximum atomic E-state index is 6.05. The van der Waals surface area contributed by atoms with Crippen LogP contribution in [0.4, 0.5) is 0 Å². The van der Waals surface area contributed by atoms with Crippen molar-refractivity contribution in [2.45, 2.75) is 12.5 Å². The fraction of sp³-hybridized carbons (Fsp3) is 0.167. The van der Waals surface area contributed by atoms with Gasteiger partial charge in [0.15, 0.2) is 0 Å². The second-order valence-corrected chi connectivity index (χ2v) is 3.39. The van der Waals surface area contributed by atoms with E-state index in [-0.39, 0.29) is 6.04 Å². The van der Waals surface area contributed by atoms with Gasteiger partial charge in [0, 0.05) is 24.9 Å². The largest absolute Gasteiger partial charge is 0.324 e. The molecule has 1 atom stereocenters. The highest BCUT2D eigenvalue weighted by Gasteiger charge is 2.07. The molecule has 0 radical (unpaired) electrons. The molecular formula is C12H13N3. The summed E-state index contributed by atoms with van der Waals surface area (Å²) in [4.78, 5) is 8.31. The van der Waals surface area contributed by atoms with Gasteiger partial charge in [-0.1, -0.05) is 30.3 Å². The summed E-state index contributed by atoms with van der Waals surface area (Å²) < 4.78 is 0. The van der Waals surface area contributed by atoms with Crippen LogP contribution < -0.4 is 5.73 Å². The third-order valence-corrected chi connectivity index (χ3v) is 2.25. The lowest BCUT2D eigenvalue weighted by atomic mass is 10.0. The number of hydrogen-bond acceptors (Lipinski definition) is 3. The zero-order chi connectivity index (χ0) is 10.5. The van der Waals surface area contributed by atoms with Crippen molar-refractivity contribution in [1.29, 1.82) is 0 Å². The van der Waals surface area contributed by atoms with Crippen molar-refractivity contribution in [2.24, 2.45) is 5.73 Å². The topological polar surface area (TPSA) is 51.8 Å². The Morgan fingerprint density at radius 1 is 1.00 bits per heavy atom. The van der Waals surface area contributed by atoms with E-state index < -0.39 is 0 Å². The average Bonchev–Trinajstić information content (AvgIpc) is 2.31. The third-order valence-electron chi connectivity index (χ3n) is 2.25. The van der Waals surface area contributed by atoms with Crippen molar-refractivity contribution >= 4 is 0 Å². The van der Waals surface area contributed by atoms with E-state index >= 15 is 0 Å². The molecule has 1 aromatic heterocycles. The molecule has 2 N–H and O–H groups in total. The van der Waals surface area contributed by atoms with Crippen LogP contribution in [0, 0.1) is 0 Å². The van der Waals surface area contributed by atoms with E-state index in [1.165, 1.54) is 0 Å². The predicted molar refractivity (Wildman–Crippen MR) is 59.1 cm³/mol. The van der Waals surface area contributed by atoms with Gasteiger partial charge < -0.3 is 5.73 Å². The molecular weight excluding hydrogens is 186 g/mol. The van der Waals surface area contributed by atoms with E-state index in [0.29, 0.717) is 6.42 Å². The van der Waals surface area contributed by atoms with Crippen LogP contribution in [0.5, 0.6) is 0 Å². The van der Waals surface area contributed by atoms with Gasteiger partial charge in [0.05, 0.1) is 0 Å². The minimum Gasteiger partial charge on any atom is -0.324 e. The van der Waals surface area contributed by atoms with E-state index in [1.807, 2.05) is 30.3 Å². The summed E-state index contributed by atoms with van der Waals surface area (Å²) in [7, 11) is 0. The lowest BCUT2D eigenvalue weighted by molar-refractivity contribution is 0.687. The fourth-order valence-electron chi connectivity index (χ4n) is 1.45. The lowest BCUT2D eigenvalue weighted by Gasteiger charge is -2.10. The minimum atomic E-state index is -0.0337. The van der Waals surface area contributed by atoms with Crippen molar-refractivity contribution in [3.05, 3.63) is 60.2 Å². The highest BCUT2D eigenvalue weighted by molar-refractivity contribution is 5.19. The first-order chi connectivity index (χ1) is 7.36. The minimum absolute atomic E-state index is 0.0337. The Bertz CT molecular complexity index is 400. The summed E-state index contributed by atoms with van der Waals surface area (Å²) >= 11 is 0. The van der Waals surface area contributed by atoms with Crippen molar-refractivity contribution < 1.29 is 0 Å². The molecule has 0 aliphatic carbocycles. The van der Waals surface area contributed by atoms with E-state index in [9.17, 15) is 0 Å². The number of nitrogens with two attached hydrogens (primary N) is 1. The van der Waals surface area contributed by atoms with Crippen molar-refractivity contribution in [1.82, 2.24) is 9.97 Å². The smallest absolute Gasteiger partial charge is 0.130 e. The molecule has 0 bridgehead atoms. The molecule has 0 spiro atoms. The summed E-state index contributed by atoms with van der Waals surface area (Å²) in [5, 5.41) is 0. The van der Waals surface area contributed by atoms with Crippen LogP contribution in [0.25, 0.3) is 0 Å². The number of rotatable bonds is 3. The van der Waals surface area contributed by atoms with E-state index in [2.05, 4.69) is 9.97 Å². The number of nitrogens with zero attached hydrogens (tertiary/aromatic N) is 2. The van der Waals surface area contributed by atoms with Crippen LogP contribution >= 0.6 is 0 Å². The van der Waals surface area contributed by atoms with Gasteiger partial charge in [-0.15, -0.1) is 0 Å². The number of hydrogen-bond donors (Lipinski definition) is 1. The first-order valence-electron chi connectivity index (χ1n) is 4.92. The summed E-state index contributed by atoms with van der Waals surface area (Å²) in [5.41, 5.74) is 7.16. The molecule has 0 fully saturated rings. The molecule has 1 unspecified atom stereocenters. The van der Waals surface area contributed by atoms with Crippen LogP contribution in [-0.4, -0.2) is 9.97 Å². The molecule has 3 heteroatoms. The van der Waals surface area contributed by atoms with Gasteiger partial charge in [-0.3, -0.25) is 0 Å². The molecule has 2 aromatic rings. The van der Waals surface area contributed by atoms with Gasteiger partial charge in [0.1, 0.15) is 5.82 Å². The maximum Gasteiger partial charge on any atom is 0.130 e. The predicted octanol–water partition coefficient (Wildman–Crippen LogP) is 1.72. The molecule has 15 heavy (non-hydrogen) atoms. The van der Waals surface area contributed by atoms with Gasteiger partial charge in [0.2, 0.25) is 0 Å². The standard InChI is InChI=1S/C12H13N3/c13-11(10-5-2-1-3-6-10)9-12-14-7-4-8-15-12/h1-8,11H,9,13H2. The van der Waals surface area contributed by atoms with E-state index in [0.717, 1.165) is 11.4 Å². The summed E-state index contributed by atoms with van der Waals surface area (Å²) in [5.74, 6) is 0.786. The van der Waals surface area contributed by atoms with Crippen LogP contribution in [0.1, 0.15) is 17.4 Å². The fourth-order valence-corrected chi connectivity index (χ4v) is 1.45. The van der Waals surface area contributed by atoms with Crippen molar-refractivity contribution in [2.75, 3.05) is 0 Å². The van der Waals surface area contributed by atoms with Gasteiger partial charge in [-0.25, -0.2) is 9.97 Å². The van der Waals surface area contributed by atoms with Crippen LogP contribution in [-0.2, 0) is 6.42 Å². The van der Waals surface area contributed by atoms with Crippen LogP contribution in [0.3, 0.4) is 0 Å². The first kappa shape index (κ1) is 9.80. The Balaban J connectivity index is 2.08. The molecule has 0 aliphatic rings. The Labute approximate surface area is 89.0 Å². The van der Waals surface area contributed by atoms with Crippen LogP contribution in [0.15, 0.2) is 48.8 Å². The van der Waals surface area contributed by atoms with Gasteiger partial charge in [-0.2, -0.15) is 0 Å². The molecule has 2 rings (SSSR count). The van der Waals surface area contributed by atoms with Crippen molar-refractivity contribution in [3.8, 4) is 0 Å². The van der Waals surface area contributed by atoms with Gasteiger partial charge in [0.25, 0.3) is 0 Å². The van der Waals surface area contributed by atoms with Crippen LogP contribution in [0.2, 0.25) is 0 Å². The molecule has 1 aromatic carbocycles. The zero-order valence-corrected chi connectivity index (χ0v) is 8.38. The van der Waals surface area contributed by atoms with Gasteiger partial charge >= 0.3 is 0 Å². The first-order valence-corrected chi connectivity index (χ1v) is 4.92. The molecule has 0 saturated carbocycles.